The van der Waals surface area contributed by atoms with E-state index in [0.29, 0.717) is 0 Å². The molecule has 0 amide bonds. The van der Waals surface area contributed by atoms with Crippen LogP contribution in [0.3, 0.4) is 0 Å². The molecular weight excluding hydrogens is 328 g/mol. The van der Waals surface area contributed by atoms with Gasteiger partial charge in [-0.2, -0.15) is 0 Å². The molecule has 0 saturated carbocycles. The van der Waals surface area contributed by atoms with Crippen LogP contribution in [0.5, 0.6) is 0 Å². The average molecular weight is 359 g/mol. The van der Waals surface area contributed by atoms with Crippen LogP contribution in [0.2, 0.25) is 0 Å². The smallest absolute Gasteiger partial charge is 0.0518 e. The molecule has 0 fully saturated rings. The monoisotopic (exact) mass is 358 g/mol. The van der Waals surface area contributed by atoms with E-state index in [0.717, 1.165) is 19.4 Å². The molecule has 0 saturated heterocycles. The molecule has 27 heavy (non-hydrogen) atoms. The second kappa shape index (κ2) is 10.1. The number of aryl methyl sites for hydroxylation is 2. The fraction of sp³-hybridized carbons (Fsp3) is 0.280. The Morgan fingerprint density at radius 2 is 1.26 bits per heavy atom. The molecule has 0 radical (unpaired) electrons. The van der Waals surface area contributed by atoms with Gasteiger partial charge in [0.1, 0.15) is 0 Å². The molecular formula is C25H30N2. The second-order valence-corrected chi connectivity index (χ2v) is 7.11. The maximum atomic E-state index is 3.80. The Hall–Kier alpha value is -2.42. The largest absolute Gasteiger partial charge is 0.311 e. The third kappa shape index (κ3) is 5.53. The van der Waals surface area contributed by atoms with Gasteiger partial charge < -0.3 is 10.6 Å². The van der Waals surface area contributed by atoms with Crippen LogP contribution in [0.1, 0.15) is 40.8 Å². The standard InChI is InChI=1S/C25H30N2/c1-20-15-17-21(18-16-20)10-9-19-27-25(23-13-7-4-8-14-23)24(26-2)22-11-5-3-6-12-22/h3-8,11-18,24-27H,9-10,19H2,1-2H3. The van der Waals surface area contributed by atoms with Gasteiger partial charge in [0.15, 0.2) is 0 Å². The van der Waals surface area contributed by atoms with Gasteiger partial charge in [0, 0.05) is 0 Å². The predicted octanol–water partition coefficient (Wildman–Crippen LogP) is 5.22. The van der Waals surface area contributed by atoms with Crippen molar-refractivity contribution in [2.45, 2.75) is 31.8 Å². The van der Waals surface area contributed by atoms with Crippen LogP contribution in [0, 0.1) is 6.92 Å². The molecule has 140 valence electrons. The minimum Gasteiger partial charge on any atom is -0.311 e. The molecule has 3 aromatic carbocycles. The Morgan fingerprint density at radius 1 is 0.704 bits per heavy atom. The summed E-state index contributed by atoms with van der Waals surface area (Å²) in [4.78, 5) is 0. The summed E-state index contributed by atoms with van der Waals surface area (Å²) in [5.74, 6) is 0. The van der Waals surface area contributed by atoms with Gasteiger partial charge in [0.25, 0.3) is 0 Å². The lowest BCUT2D eigenvalue weighted by atomic mass is 9.93. The molecule has 0 aliphatic carbocycles. The molecule has 3 aromatic rings. The molecule has 0 heterocycles. The maximum absolute atomic E-state index is 3.80. The van der Waals surface area contributed by atoms with Crippen molar-refractivity contribution in [1.82, 2.24) is 10.6 Å². The number of hydrogen-bond donors (Lipinski definition) is 2. The highest BCUT2D eigenvalue weighted by Gasteiger charge is 2.22. The van der Waals surface area contributed by atoms with Crippen molar-refractivity contribution in [2.24, 2.45) is 0 Å². The zero-order valence-electron chi connectivity index (χ0n) is 16.4. The first-order valence-electron chi connectivity index (χ1n) is 9.84. The van der Waals surface area contributed by atoms with Gasteiger partial charge in [-0.1, -0.05) is 90.5 Å². The highest BCUT2D eigenvalue weighted by molar-refractivity contribution is 5.27. The number of hydrogen-bond acceptors (Lipinski definition) is 2. The van der Waals surface area contributed by atoms with Crippen LogP contribution in [-0.4, -0.2) is 13.6 Å². The van der Waals surface area contributed by atoms with Crippen molar-refractivity contribution >= 4 is 0 Å². The van der Waals surface area contributed by atoms with Crippen molar-refractivity contribution in [3.8, 4) is 0 Å². The first kappa shape index (κ1) is 19.3. The van der Waals surface area contributed by atoms with Crippen LogP contribution in [0.4, 0.5) is 0 Å². The van der Waals surface area contributed by atoms with Crippen LogP contribution >= 0.6 is 0 Å². The number of rotatable bonds is 9. The Labute approximate surface area is 163 Å². The molecule has 2 N–H and O–H groups in total. The van der Waals surface area contributed by atoms with Gasteiger partial charge in [-0.3, -0.25) is 0 Å². The molecule has 0 aromatic heterocycles. The summed E-state index contributed by atoms with van der Waals surface area (Å²) in [5.41, 5.74) is 5.35. The third-order valence-electron chi connectivity index (χ3n) is 5.09. The summed E-state index contributed by atoms with van der Waals surface area (Å²) in [6.07, 6.45) is 2.22. The molecule has 0 bridgehead atoms. The van der Waals surface area contributed by atoms with E-state index in [1.807, 2.05) is 7.05 Å². The molecule has 3 rings (SSSR count). The predicted molar refractivity (Wildman–Crippen MR) is 115 cm³/mol. The molecule has 2 nitrogen and oxygen atoms in total. The van der Waals surface area contributed by atoms with Crippen LogP contribution in [-0.2, 0) is 6.42 Å². The van der Waals surface area contributed by atoms with Gasteiger partial charge in [-0.25, -0.2) is 0 Å². The van der Waals surface area contributed by atoms with Crippen molar-refractivity contribution in [2.75, 3.05) is 13.6 Å². The molecule has 2 unspecified atom stereocenters. The molecule has 0 aliphatic heterocycles. The zero-order valence-corrected chi connectivity index (χ0v) is 16.4. The van der Waals surface area contributed by atoms with E-state index in [4.69, 9.17) is 0 Å². The fourth-order valence-electron chi connectivity index (χ4n) is 3.58. The summed E-state index contributed by atoms with van der Waals surface area (Å²) in [5, 5.41) is 7.32. The average Bonchev–Trinajstić information content (AvgIpc) is 2.73. The van der Waals surface area contributed by atoms with E-state index >= 15 is 0 Å². The highest BCUT2D eigenvalue weighted by atomic mass is 15.0. The minimum atomic E-state index is 0.230. The van der Waals surface area contributed by atoms with Gasteiger partial charge >= 0.3 is 0 Å². The van der Waals surface area contributed by atoms with Gasteiger partial charge in [-0.15, -0.1) is 0 Å². The topological polar surface area (TPSA) is 24.1 Å². The summed E-state index contributed by atoms with van der Waals surface area (Å²) < 4.78 is 0. The lowest BCUT2D eigenvalue weighted by Gasteiger charge is -2.29. The SMILES string of the molecule is CNC(c1ccccc1)C(NCCCc1ccc(C)cc1)c1ccccc1. The van der Waals surface area contributed by atoms with Crippen LogP contribution < -0.4 is 10.6 Å². The molecule has 2 heteroatoms. The fourth-order valence-corrected chi connectivity index (χ4v) is 3.58. The minimum absolute atomic E-state index is 0.230. The number of nitrogens with one attached hydrogen (secondary N) is 2. The Balaban J connectivity index is 1.68. The van der Waals surface area contributed by atoms with E-state index in [-0.39, 0.29) is 12.1 Å². The summed E-state index contributed by atoms with van der Waals surface area (Å²) >= 11 is 0. The summed E-state index contributed by atoms with van der Waals surface area (Å²) in [6.45, 7) is 3.12. The van der Waals surface area contributed by atoms with E-state index in [2.05, 4.69) is 102 Å². The number of benzene rings is 3. The van der Waals surface area contributed by atoms with Crippen molar-refractivity contribution in [3.63, 3.8) is 0 Å². The zero-order chi connectivity index (χ0) is 18.9. The molecule has 0 spiro atoms. The van der Waals surface area contributed by atoms with Crippen molar-refractivity contribution in [1.29, 1.82) is 0 Å². The van der Waals surface area contributed by atoms with Crippen molar-refractivity contribution in [3.05, 3.63) is 107 Å². The van der Waals surface area contributed by atoms with E-state index in [1.165, 1.54) is 22.3 Å². The quantitative estimate of drug-likeness (QED) is 0.513. The number of likely N-dealkylation sites (N-methyl/N-ethyl adjacent to an activating group) is 1. The molecule has 0 aliphatic rings. The van der Waals surface area contributed by atoms with Gasteiger partial charge in [0.2, 0.25) is 0 Å². The van der Waals surface area contributed by atoms with E-state index < -0.39 is 0 Å². The van der Waals surface area contributed by atoms with E-state index in [1.54, 1.807) is 0 Å². The first-order valence-corrected chi connectivity index (χ1v) is 9.84. The Bertz CT molecular complexity index is 782. The molecule has 2 atom stereocenters. The lowest BCUT2D eigenvalue weighted by Crippen LogP contribution is -2.34. The normalized spacial score (nSPS) is 13.3. The Morgan fingerprint density at radius 3 is 1.81 bits per heavy atom. The first-order chi connectivity index (χ1) is 13.3. The van der Waals surface area contributed by atoms with Crippen LogP contribution in [0.15, 0.2) is 84.9 Å². The highest BCUT2D eigenvalue weighted by Crippen LogP contribution is 2.28. The van der Waals surface area contributed by atoms with Crippen LogP contribution in [0.25, 0.3) is 0 Å². The van der Waals surface area contributed by atoms with Crippen molar-refractivity contribution < 1.29 is 0 Å². The Kier molecular flexibility index (Phi) is 7.20. The maximum Gasteiger partial charge on any atom is 0.0518 e. The third-order valence-corrected chi connectivity index (χ3v) is 5.09. The van der Waals surface area contributed by atoms with E-state index in [9.17, 15) is 0 Å². The lowest BCUT2D eigenvalue weighted by molar-refractivity contribution is 0.403. The van der Waals surface area contributed by atoms with Gasteiger partial charge in [0.05, 0.1) is 12.1 Å². The van der Waals surface area contributed by atoms with Gasteiger partial charge in [-0.05, 0) is 50.0 Å². The second-order valence-electron chi connectivity index (χ2n) is 7.11. The summed E-state index contributed by atoms with van der Waals surface area (Å²) in [6, 6.07) is 30.8. The summed E-state index contributed by atoms with van der Waals surface area (Å²) in [7, 11) is 2.04.